The largest absolute Gasteiger partial charge is 0.352 e. The maximum Gasteiger partial charge on any atom is 0.251 e. The Hall–Kier alpha value is -2.44. The van der Waals surface area contributed by atoms with Crippen LogP contribution in [0.15, 0.2) is 24.5 Å². The first-order valence-electron chi connectivity index (χ1n) is 7.29. The molecule has 0 bridgehead atoms. The Morgan fingerprint density at radius 2 is 1.68 bits per heavy atom. The van der Waals surface area contributed by atoms with Crippen molar-refractivity contribution in [3.8, 4) is 0 Å². The second kappa shape index (κ2) is 7.53. The first-order chi connectivity index (χ1) is 10.6. The summed E-state index contributed by atoms with van der Waals surface area (Å²) in [6.45, 7) is 4.08. The molecule has 0 saturated carbocycles. The number of hydrogen-bond acceptors (Lipinski definition) is 4. The van der Waals surface area contributed by atoms with E-state index in [1.165, 1.54) is 6.92 Å². The molecule has 1 aliphatic rings. The van der Waals surface area contributed by atoms with Crippen molar-refractivity contribution < 1.29 is 14.4 Å². The van der Waals surface area contributed by atoms with Crippen LogP contribution in [-0.4, -0.2) is 65.2 Å². The van der Waals surface area contributed by atoms with Gasteiger partial charge in [-0.15, -0.1) is 0 Å². The molecule has 1 N–H and O–H groups in total. The van der Waals surface area contributed by atoms with E-state index in [0.29, 0.717) is 38.3 Å². The Kier molecular flexibility index (Phi) is 5.46. The van der Waals surface area contributed by atoms with Gasteiger partial charge in [0.15, 0.2) is 0 Å². The number of aromatic nitrogens is 1. The molecule has 118 valence electrons. The summed E-state index contributed by atoms with van der Waals surface area (Å²) in [5.41, 5.74) is 0.525. The Morgan fingerprint density at radius 3 is 2.27 bits per heavy atom. The van der Waals surface area contributed by atoms with Gasteiger partial charge in [-0.05, 0) is 12.1 Å². The van der Waals surface area contributed by atoms with Gasteiger partial charge in [-0.3, -0.25) is 19.4 Å². The van der Waals surface area contributed by atoms with Gasteiger partial charge in [-0.1, -0.05) is 0 Å². The van der Waals surface area contributed by atoms with E-state index in [1.54, 1.807) is 34.3 Å². The second-order valence-electron chi connectivity index (χ2n) is 5.13. The Balaban J connectivity index is 1.70. The number of nitrogens with one attached hydrogen (secondary N) is 1. The number of amides is 3. The monoisotopic (exact) mass is 304 g/mol. The van der Waals surface area contributed by atoms with Crippen molar-refractivity contribution in [1.82, 2.24) is 20.1 Å². The molecule has 2 rings (SSSR count). The molecule has 0 radical (unpaired) electrons. The minimum absolute atomic E-state index is 0.00164. The molecule has 3 amide bonds. The minimum Gasteiger partial charge on any atom is -0.352 e. The standard InChI is InChI=1S/C15H20N4O3/c1-12(20)18-8-10-19(11-9-18)14(21)4-7-17-15(22)13-2-5-16-6-3-13/h2-3,5-6H,4,7-11H2,1H3,(H,17,22). The Morgan fingerprint density at radius 1 is 1.09 bits per heavy atom. The molecule has 22 heavy (non-hydrogen) atoms. The molecule has 0 atom stereocenters. The lowest BCUT2D eigenvalue weighted by Crippen LogP contribution is -2.50. The summed E-state index contributed by atoms with van der Waals surface area (Å²) in [4.78, 5) is 42.4. The van der Waals surface area contributed by atoms with Crippen LogP contribution in [0.5, 0.6) is 0 Å². The normalized spacial score (nSPS) is 14.6. The zero-order valence-corrected chi connectivity index (χ0v) is 12.6. The molecule has 1 aromatic heterocycles. The summed E-state index contributed by atoms with van der Waals surface area (Å²) in [7, 11) is 0. The van der Waals surface area contributed by atoms with E-state index in [4.69, 9.17) is 0 Å². The van der Waals surface area contributed by atoms with Crippen LogP contribution in [0.25, 0.3) is 0 Å². The van der Waals surface area contributed by atoms with Crippen LogP contribution in [0.4, 0.5) is 0 Å². The van der Waals surface area contributed by atoms with Crippen molar-refractivity contribution in [2.24, 2.45) is 0 Å². The quantitative estimate of drug-likeness (QED) is 0.841. The molecular weight excluding hydrogens is 284 g/mol. The fourth-order valence-electron chi connectivity index (χ4n) is 2.32. The topological polar surface area (TPSA) is 82.6 Å². The van der Waals surface area contributed by atoms with Gasteiger partial charge in [0.05, 0.1) is 0 Å². The predicted octanol–water partition coefficient (Wildman–Crippen LogP) is -0.108. The fourth-order valence-corrected chi connectivity index (χ4v) is 2.32. The van der Waals surface area contributed by atoms with Gasteiger partial charge in [0, 0.05) is 64.0 Å². The zero-order valence-electron chi connectivity index (χ0n) is 12.6. The van der Waals surface area contributed by atoms with Gasteiger partial charge in [-0.25, -0.2) is 0 Å². The van der Waals surface area contributed by atoms with Crippen LogP contribution in [0.3, 0.4) is 0 Å². The van der Waals surface area contributed by atoms with E-state index in [-0.39, 0.29) is 24.1 Å². The lowest BCUT2D eigenvalue weighted by atomic mass is 10.2. The fraction of sp³-hybridized carbons (Fsp3) is 0.467. The first kappa shape index (κ1) is 15.9. The average Bonchev–Trinajstić information content (AvgIpc) is 2.55. The predicted molar refractivity (Wildman–Crippen MR) is 80.0 cm³/mol. The second-order valence-corrected chi connectivity index (χ2v) is 5.13. The molecular formula is C15H20N4O3. The van der Waals surface area contributed by atoms with Gasteiger partial charge >= 0.3 is 0 Å². The van der Waals surface area contributed by atoms with E-state index in [2.05, 4.69) is 10.3 Å². The zero-order chi connectivity index (χ0) is 15.9. The number of pyridine rings is 1. The highest BCUT2D eigenvalue weighted by molar-refractivity contribution is 5.94. The van der Waals surface area contributed by atoms with E-state index >= 15 is 0 Å². The summed E-state index contributed by atoms with van der Waals surface area (Å²) in [6.07, 6.45) is 3.36. The van der Waals surface area contributed by atoms with Crippen molar-refractivity contribution in [3.05, 3.63) is 30.1 Å². The first-order valence-corrected chi connectivity index (χ1v) is 7.29. The molecule has 7 nitrogen and oxygen atoms in total. The number of rotatable bonds is 4. The van der Waals surface area contributed by atoms with Gasteiger partial charge in [0.1, 0.15) is 0 Å². The van der Waals surface area contributed by atoms with Crippen LogP contribution < -0.4 is 5.32 Å². The maximum atomic E-state index is 12.1. The van der Waals surface area contributed by atoms with Gasteiger partial charge in [-0.2, -0.15) is 0 Å². The lowest BCUT2D eigenvalue weighted by molar-refractivity contribution is -0.138. The number of hydrogen-bond donors (Lipinski definition) is 1. The van der Waals surface area contributed by atoms with Crippen molar-refractivity contribution >= 4 is 17.7 Å². The maximum absolute atomic E-state index is 12.1. The Labute approximate surface area is 129 Å². The van der Waals surface area contributed by atoms with Gasteiger partial charge in [0.2, 0.25) is 11.8 Å². The smallest absolute Gasteiger partial charge is 0.251 e. The van der Waals surface area contributed by atoms with E-state index in [1.807, 2.05) is 0 Å². The molecule has 0 unspecified atom stereocenters. The van der Waals surface area contributed by atoms with Crippen LogP contribution in [0.2, 0.25) is 0 Å². The average molecular weight is 304 g/mol. The van der Waals surface area contributed by atoms with E-state index < -0.39 is 0 Å². The summed E-state index contributed by atoms with van der Waals surface area (Å²) >= 11 is 0. The third-order valence-electron chi connectivity index (χ3n) is 3.64. The number of piperazine rings is 1. The van der Waals surface area contributed by atoms with Gasteiger partial charge < -0.3 is 15.1 Å². The molecule has 7 heteroatoms. The third kappa shape index (κ3) is 4.28. The minimum atomic E-state index is -0.211. The molecule has 0 aromatic carbocycles. The summed E-state index contributed by atoms with van der Waals surface area (Å²) in [5, 5.41) is 2.72. The lowest BCUT2D eigenvalue weighted by Gasteiger charge is -2.34. The summed E-state index contributed by atoms with van der Waals surface area (Å²) in [6, 6.07) is 3.25. The van der Waals surface area contributed by atoms with Gasteiger partial charge in [0.25, 0.3) is 5.91 Å². The molecule has 1 aliphatic heterocycles. The highest BCUT2D eigenvalue weighted by atomic mass is 16.2. The molecule has 0 spiro atoms. The molecule has 2 heterocycles. The van der Waals surface area contributed by atoms with Crippen molar-refractivity contribution in [3.63, 3.8) is 0 Å². The highest BCUT2D eigenvalue weighted by Crippen LogP contribution is 2.04. The third-order valence-corrected chi connectivity index (χ3v) is 3.64. The van der Waals surface area contributed by atoms with Crippen LogP contribution in [0.1, 0.15) is 23.7 Å². The SMILES string of the molecule is CC(=O)N1CCN(C(=O)CCNC(=O)c2ccncc2)CC1. The number of carbonyl (C=O) groups is 3. The molecule has 1 aromatic rings. The van der Waals surface area contributed by atoms with Crippen molar-refractivity contribution in [2.45, 2.75) is 13.3 Å². The van der Waals surface area contributed by atoms with E-state index in [9.17, 15) is 14.4 Å². The molecule has 1 fully saturated rings. The molecule has 1 saturated heterocycles. The molecule has 0 aliphatic carbocycles. The van der Waals surface area contributed by atoms with Crippen molar-refractivity contribution in [2.75, 3.05) is 32.7 Å². The van der Waals surface area contributed by atoms with Crippen molar-refractivity contribution in [1.29, 1.82) is 0 Å². The highest BCUT2D eigenvalue weighted by Gasteiger charge is 2.21. The summed E-state index contributed by atoms with van der Waals surface area (Å²) in [5.74, 6) is -0.174. The number of carbonyl (C=O) groups excluding carboxylic acids is 3. The Bertz CT molecular complexity index is 539. The van der Waals surface area contributed by atoms with Crippen LogP contribution in [0, 0.1) is 0 Å². The number of nitrogens with zero attached hydrogens (tertiary/aromatic N) is 3. The summed E-state index contributed by atoms with van der Waals surface area (Å²) < 4.78 is 0. The van der Waals surface area contributed by atoms with E-state index in [0.717, 1.165) is 0 Å². The van der Waals surface area contributed by atoms with Crippen LogP contribution in [-0.2, 0) is 9.59 Å². The van der Waals surface area contributed by atoms with Crippen LogP contribution >= 0.6 is 0 Å².